The Hall–Kier alpha value is -1.93. The number of hydrogen-bond acceptors (Lipinski definition) is 5. The fraction of sp³-hybridized carbons (Fsp3) is 0.545. The molecule has 1 amide bonds. The molecular weight excluding hydrogens is 254 g/mol. The molecule has 104 valence electrons. The summed E-state index contributed by atoms with van der Waals surface area (Å²) in [6.45, 7) is 1.27. The number of aromatic amines is 1. The molecule has 1 aromatic rings. The monoisotopic (exact) mass is 269 g/mol. The number of aliphatic hydroxyl groups excluding tert-OH is 2. The first-order valence-electron chi connectivity index (χ1n) is 5.86. The first kappa shape index (κ1) is 13.5. The van der Waals surface area contributed by atoms with Crippen molar-refractivity contribution in [1.82, 2.24) is 14.5 Å². The number of carbonyl (C=O) groups excluding carboxylic acids is 1. The molecule has 1 saturated heterocycles. The molecule has 0 saturated carbocycles. The van der Waals surface area contributed by atoms with Crippen molar-refractivity contribution < 1.29 is 15.0 Å². The zero-order valence-corrected chi connectivity index (χ0v) is 10.4. The lowest BCUT2D eigenvalue weighted by molar-refractivity contribution is -0.130. The fourth-order valence-electron chi connectivity index (χ4n) is 2.24. The van der Waals surface area contributed by atoms with Gasteiger partial charge < -0.3 is 15.1 Å². The van der Waals surface area contributed by atoms with Crippen LogP contribution in [-0.4, -0.2) is 49.8 Å². The molecule has 3 N–H and O–H groups in total. The van der Waals surface area contributed by atoms with Crippen LogP contribution >= 0.6 is 0 Å². The van der Waals surface area contributed by atoms with Gasteiger partial charge in [-0.1, -0.05) is 0 Å². The Kier molecular flexibility index (Phi) is 3.54. The quantitative estimate of drug-likeness (QED) is 0.583. The number of rotatable bonds is 3. The molecule has 0 unspecified atom stereocenters. The summed E-state index contributed by atoms with van der Waals surface area (Å²) < 4.78 is 1.11. The van der Waals surface area contributed by atoms with Crippen molar-refractivity contribution in [2.24, 2.45) is 0 Å². The van der Waals surface area contributed by atoms with E-state index in [9.17, 15) is 19.5 Å². The molecule has 19 heavy (non-hydrogen) atoms. The van der Waals surface area contributed by atoms with Crippen molar-refractivity contribution >= 4 is 5.91 Å². The van der Waals surface area contributed by atoms with Gasteiger partial charge in [0, 0.05) is 18.3 Å². The average molecular weight is 269 g/mol. The Morgan fingerprint density at radius 1 is 1.42 bits per heavy atom. The molecule has 0 aliphatic carbocycles. The van der Waals surface area contributed by atoms with Crippen LogP contribution in [-0.2, 0) is 4.79 Å². The van der Waals surface area contributed by atoms with Crippen LogP contribution in [0.25, 0.3) is 0 Å². The second-order valence-electron chi connectivity index (χ2n) is 4.47. The third kappa shape index (κ3) is 2.32. The van der Waals surface area contributed by atoms with Gasteiger partial charge in [0.2, 0.25) is 5.91 Å². The van der Waals surface area contributed by atoms with E-state index in [4.69, 9.17) is 5.11 Å². The van der Waals surface area contributed by atoms with Gasteiger partial charge >= 0.3 is 5.69 Å². The number of aliphatic hydroxyl groups is 2. The number of nitrogens with one attached hydrogen (secondary N) is 1. The second-order valence-corrected chi connectivity index (χ2v) is 4.47. The minimum Gasteiger partial charge on any atom is -0.395 e. The third-order valence-corrected chi connectivity index (χ3v) is 3.14. The van der Waals surface area contributed by atoms with Gasteiger partial charge in [0.25, 0.3) is 5.56 Å². The maximum Gasteiger partial charge on any atom is 0.330 e. The minimum absolute atomic E-state index is 0.0190. The van der Waals surface area contributed by atoms with Crippen LogP contribution < -0.4 is 11.2 Å². The van der Waals surface area contributed by atoms with Gasteiger partial charge in [0.1, 0.15) is 12.3 Å². The number of β-amino-alcohol motifs (C(OH)–C–C–N with tert-alkyl or cyclic N) is 1. The van der Waals surface area contributed by atoms with Crippen LogP contribution in [0.15, 0.2) is 15.8 Å². The van der Waals surface area contributed by atoms with Gasteiger partial charge in [-0.15, -0.1) is 0 Å². The smallest absolute Gasteiger partial charge is 0.330 e. The first-order valence-corrected chi connectivity index (χ1v) is 5.86. The highest BCUT2D eigenvalue weighted by Gasteiger charge is 2.40. The Morgan fingerprint density at radius 3 is 2.74 bits per heavy atom. The van der Waals surface area contributed by atoms with Gasteiger partial charge in [-0.25, -0.2) is 4.79 Å². The summed E-state index contributed by atoms with van der Waals surface area (Å²) in [7, 11) is 0. The van der Waals surface area contributed by atoms with Gasteiger partial charge in [0.15, 0.2) is 0 Å². The number of carbonyl (C=O) groups is 1. The van der Waals surface area contributed by atoms with Crippen LogP contribution in [0.1, 0.15) is 18.2 Å². The number of nitrogens with zero attached hydrogens (tertiary/aromatic N) is 2. The van der Waals surface area contributed by atoms with Crippen LogP contribution in [0.5, 0.6) is 0 Å². The summed E-state index contributed by atoms with van der Waals surface area (Å²) in [6, 6.07) is 0. The number of aromatic nitrogens is 2. The summed E-state index contributed by atoms with van der Waals surface area (Å²) >= 11 is 0. The number of amides is 1. The van der Waals surface area contributed by atoms with Gasteiger partial charge in [-0.05, 0) is 6.92 Å². The topological polar surface area (TPSA) is 116 Å². The largest absolute Gasteiger partial charge is 0.395 e. The predicted octanol–water partition coefficient (Wildman–Crippen LogP) is -2.07. The summed E-state index contributed by atoms with van der Waals surface area (Å²) in [5.41, 5.74) is -0.902. The van der Waals surface area contributed by atoms with E-state index in [0.717, 1.165) is 4.57 Å². The number of hydrogen-bond donors (Lipinski definition) is 3. The molecule has 2 heterocycles. The molecular formula is C11H15N3O5. The molecule has 1 aliphatic rings. The highest BCUT2D eigenvalue weighted by Crippen LogP contribution is 2.26. The number of aryl methyl sites for hydroxylation is 1. The highest BCUT2D eigenvalue weighted by molar-refractivity contribution is 5.79. The minimum atomic E-state index is -1.05. The van der Waals surface area contributed by atoms with E-state index < -0.39 is 23.5 Å². The Labute approximate surface area is 107 Å². The summed E-state index contributed by atoms with van der Waals surface area (Å²) in [5.74, 6) is -0.345. The molecule has 8 nitrogen and oxygen atoms in total. The third-order valence-electron chi connectivity index (χ3n) is 3.14. The Bertz CT molecular complexity index is 605. The summed E-state index contributed by atoms with van der Waals surface area (Å²) in [4.78, 5) is 38.1. The lowest BCUT2D eigenvalue weighted by atomic mass is 10.2. The van der Waals surface area contributed by atoms with Crippen molar-refractivity contribution in [2.45, 2.75) is 25.6 Å². The molecule has 2 atom stereocenters. The molecule has 0 spiro atoms. The molecule has 8 heteroatoms. The maximum absolute atomic E-state index is 11.8. The van der Waals surface area contributed by atoms with Gasteiger partial charge in [0.05, 0.1) is 13.0 Å². The fourth-order valence-corrected chi connectivity index (χ4v) is 2.24. The van der Waals surface area contributed by atoms with Crippen molar-refractivity contribution in [1.29, 1.82) is 0 Å². The summed E-state index contributed by atoms with van der Waals surface area (Å²) in [6.07, 6.45) is -0.766. The van der Waals surface area contributed by atoms with Gasteiger partial charge in [-0.2, -0.15) is 0 Å². The zero-order chi connectivity index (χ0) is 14.2. The molecule has 1 aromatic heterocycles. The van der Waals surface area contributed by atoms with Crippen LogP contribution in [0.3, 0.4) is 0 Å². The molecule has 2 rings (SSSR count). The molecule has 0 radical (unpaired) electrons. The van der Waals surface area contributed by atoms with E-state index in [2.05, 4.69) is 4.98 Å². The van der Waals surface area contributed by atoms with E-state index in [1.54, 1.807) is 0 Å². The van der Waals surface area contributed by atoms with E-state index >= 15 is 0 Å². The average Bonchev–Trinajstić information content (AvgIpc) is 2.60. The lowest BCUT2D eigenvalue weighted by Gasteiger charge is -2.27. The van der Waals surface area contributed by atoms with E-state index in [0.29, 0.717) is 5.56 Å². The SMILES string of the molecule is Cc1cn([C@@H]2[C@@H](O)CC(=O)N2CCO)c(=O)[nH]c1=O. The molecule has 1 aliphatic heterocycles. The maximum atomic E-state index is 11.8. The molecule has 0 bridgehead atoms. The normalized spacial score (nSPS) is 23.1. The molecule has 0 aromatic carbocycles. The predicted molar refractivity (Wildman–Crippen MR) is 64.5 cm³/mol. The zero-order valence-electron chi connectivity index (χ0n) is 10.4. The number of likely N-dealkylation sites (tertiary alicyclic amines) is 1. The van der Waals surface area contributed by atoms with Crippen molar-refractivity contribution in [3.63, 3.8) is 0 Å². The molecule has 1 fully saturated rings. The Morgan fingerprint density at radius 2 is 2.11 bits per heavy atom. The van der Waals surface area contributed by atoms with Crippen LogP contribution in [0.4, 0.5) is 0 Å². The lowest BCUT2D eigenvalue weighted by Crippen LogP contribution is -2.43. The van der Waals surface area contributed by atoms with Crippen molar-refractivity contribution in [3.05, 3.63) is 32.6 Å². The van der Waals surface area contributed by atoms with Crippen molar-refractivity contribution in [2.75, 3.05) is 13.2 Å². The van der Waals surface area contributed by atoms with E-state index in [1.807, 2.05) is 0 Å². The Balaban J connectivity index is 2.50. The number of H-pyrrole nitrogens is 1. The second kappa shape index (κ2) is 4.98. The van der Waals surface area contributed by atoms with Crippen LogP contribution in [0, 0.1) is 6.92 Å². The standard InChI is InChI=1S/C11H15N3O5/c1-6-5-14(11(19)12-9(6)18)10-7(16)4-8(17)13(10)2-3-15/h5,7,10,15-16H,2-4H2,1H3,(H,12,18,19)/t7-,10+/m0/s1. The van der Waals surface area contributed by atoms with Gasteiger partial charge in [-0.3, -0.25) is 19.1 Å². The highest BCUT2D eigenvalue weighted by atomic mass is 16.3. The van der Waals surface area contributed by atoms with E-state index in [1.165, 1.54) is 18.0 Å². The van der Waals surface area contributed by atoms with Crippen LogP contribution in [0.2, 0.25) is 0 Å². The van der Waals surface area contributed by atoms with Crippen molar-refractivity contribution in [3.8, 4) is 0 Å². The summed E-state index contributed by atoms with van der Waals surface area (Å²) in [5, 5.41) is 18.8. The first-order chi connectivity index (χ1) is 8.95. The van der Waals surface area contributed by atoms with E-state index in [-0.39, 0.29) is 25.5 Å².